The second kappa shape index (κ2) is 3.35. The van der Waals surface area contributed by atoms with E-state index < -0.39 is 0 Å². The molecule has 1 aliphatic rings. The topological polar surface area (TPSA) is 0 Å². The van der Waals surface area contributed by atoms with Gasteiger partial charge in [-0.25, -0.2) is 0 Å². The first kappa shape index (κ1) is 6.42. The quantitative estimate of drug-likeness (QED) is 0.465. The van der Waals surface area contributed by atoms with Crippen molar-refractivity contribution in [2.24, 2.45) is 0 Å². The Labute approximate surface area is 57.0 Å². The van der Waals surface area contributed by atoms with Gasteiger partial charge in [-0.3, -0.25) is 0 Å². The molecule has 0 aromatic rings. The van der Waals surface area contributed by atoms with Gasteiger partial charge >= 0.3 is 0 Å². The van der Waals surface area contributed by atoms with Crippen LogP contribution >= 0.6 is 0 Å². The Balaban J connectivity index is 2.39. The smallest absolute Gasteiger partial charge is 0.0296 e. The molecule has 0 N–H and O–H groups in total. The van der Waals surface area contributed by atoms with E-state index in [-0.39, 0.29) is 0 Å². The number of rotatable bonds is 1. The number of terminal acetylenes is 1. The van der Waals surface area contributed by atoms with E-state index in [1.807, 2.05) is 0 Å². The highest BCUT2D eigenvalue weighted by Gasteiger charge is 2.00. The van der Waals surface area contributed by atoms with Crippen molar-refractivity contribution in [2.45, 2.75) is 25.7 Å². The highest BCUT2D eigenvalue weighted by Crippen LogP contribution is 2.18. The Morgan fingerprint density at radius 1 is 1.67 bits per heavy atom. The summed E-state index contributed by atoms with van der Waals surface area (Å²) in [5.41, 5.74) is 1.42. The molecule has 0 heteroatoms. The third kappa shape index (κ3) is 1.93. The van der Waals surface area contributed by atoms with E-state index in [1.165, 1.54) is 24.8 Å². The molecule has 1 aliphatic carbocycles. The molecule has 0 amide bonds. The van der Waals surface area contributed by atoms with E-state index >= 15 is 0 Å². The van der Waals surface area contributed by atoms with Crippen LogP contribution in [0.2, 0.25) is 0 Å². The van der Waals surface area contributed by atoms with Crippen LogP contribution in [-0.4, -0.2) is 0 Å². The Hall–Kier alpha value is -0.700. The molecule has 0 aliphatic heterocycles. The van der Waals surface area contributed by atoms with E-state index in [0.29, 0.717) is 0 Å². The molecule has 0 aromatic carbocycles. The number of allylic oxidation sites excluding steroid dienone is 2. The van der Waals surface area contributed by atoms with Crippen LogP contribution in [0.5, 0.6) is 0 Å². The molecule has 0 saturated heterocycles. The van der Waals surface area contributed by atoms with Crippen molar-refractivity contribution in [3.05, 3.63) is 18.1 Å². The fourth-order valence-corrected chi connectivity index (χ4v) is 1.06. The molecular formula is C9H11. The molecule has 0 spiro atoms. The summed E-state index contributed by atoms with van der Waals surface area (Å²) in [6, 6.07) is 0. The van der Waals surface area contributed by atoms with Crippen molar-refractivity contribution in [2.75, 3.05) is 0 Å². The zero-order valence-electron chi connectivity index (χ0n) is 5.56. The monoisotopic (exact) mass is 119 g/mol. The molecule has 0 bridgehead atoms. The van der Waals surface area contributed by atoms with Gasteiger partial charge in [-0.1, -0.05) is 11.6 Å². The van der Waals surface area contributed by atoms with E-state index in [2.05, 4.69) is 18.4 Å². The Morgan fingerprint density at radius 3 is 3.11 bits per heavy atom. The average Bonchev–Trinajstić information content (AvgIpc) is 1.91. The first-order chi connectivity index (χ1) is 4.43. The van der Waals surface area contributed by atoms with Crippen LogP contribution in [0.4, 0.5) is 0 Å². The van der Waals surface area contributed by atoms with Crippen molar-refractivity contribution in [3.63, 3.8) is 0 Å². The van der Waals surface area contributed by atoms with Gasteiger partial charge in [0.1, 0.15) is 0 Å². The SMILES string of the molecule is C#CCC1=C[CH]CCC1. The molecule has 0 saturated carbocycles. The van der Waals surface area contributed by atoms with Gasteiger partial charge in [0.25, 0.3) is 0 Å². The van der Waals surface area contributed by atoms with Crippen LogP contribution in [0.3, 0.4) is 0 Å². The van der Waals surface area contributed by atoms with Crippen molar-refractivity contribution >= 4 is 0 Å². The largest absolute Gasteiger partial charge is 0.120 e. The van der Waals surface area contributed by atoms with Gasteiger partial charge in [-0.15, -0.1) is 12.3 Å². The molecule has 0 unspecified atom stereocenters. The van der Waals surface area contributed by atoms with Crippen LogP contribution < -0.4 is 0 Å². The van der Waals surface area contributed by atoms with Gasteiger partial charge in [0.2, 0.25) is 0 Å². The summed E-state index contributed by atoms with van der Waals surface area (Å²) in [7, 11) is 0. The lowest BCUT2D eigenvalue weighted by Crippen LogP contribution is -1.90. The zero-order valence-corrected chi connectivity index (χ0v) is 5.56. The number of hydrogen-bond donors (Lipinski definition) is 0. The summed E-state index contributed by atoms with van der Waals surface area (Å²) in [5, 5.41) is 0. The molecular weight excluding hydrogens is 108 g/mol. The summed E-state index contributed by atoms with van der Waals surface area (Å²) in [5.74, 6) is 2.65. The zero-order chi connectivity index (χ0) is 6.53. The van der Waals surface area contributed by atoms with Crippen LogP contribution in [0.15, 0.2) is 11.6 Å². The van der Waals surface area contributed by atoms with Crippen LogP contribution in [0.25, 0.3) is 0 Å². The lowest BCUT2D eigenvalue weighted by Gasteiger charge is -2.08. The summed E-state index contributed by atoms with van der Waals surface area (Å²) in [6.07, 6.45) is 14.1. The highest BCUT2D eigenvalue weighted by atomic mass is 14.1. The maximum Gasteiger partial charge on any atom is 0.0296 e. The third-order valence-electron chi connectivity index (χ3n) is 1.55. The molecule has 0 fully saturated rings. The minimum atomic E-state index is 0.844. The van der Waals surface area contributed by atoms with Gasteiger partial charge in [-0.2, -0.15) is 0 Å². The van der Waals surface area contributed by atoms with Gasteiger partial charge in [0.05, 0.1) is 0 Å². The fraction of sp³-hybridized carbons (Fsp3) is 0.444. The molecule has 0 aromatic heterocycles. The molecule has 0 nitrogen and oxygen atoms in total. The van der Waals surface area contributed by atoms with Gasteiger partial charge in [0, 0.05) is 6.42 Å². The summed E-state index contributed by atoms with van der Waals surface area (Å²) >= 11 is 0. The average molecular weight is 119 g/mol. The van der Waals surface area contributed by atoms with Gasteiger partial charge in [-0.05, 0) is 25.7 Å². The molecule has 0 heterocycles. The predicted molar refractivity (Wildman–Crippen MR) is 39.7 cm³/mol. The predicted octanol–water partition coefficient (Wildman–Crippen LogP) is 2.32. The number of hydrogen-bond acceptors (Lipinski definition) is 0. The molecule has 0 atom stereocenters. The van der Waals surface area contributed by atoms with Crippen LogP contribution in [0, 0.1) is 18.8 Å². The summed E-state index contributed by atoms with van der Waals surface area (Å²) in [4.78, 5) is 0. The minimum Gasteiger partial charge on any atom is -0.120 e. The highest BCUT2D eigenvalue weighted by molar-refractivity contribution is 5.17. The Kier molecular flexibility index (Phi) is 2.39. The van der Waals surface area contributed by atoms with E-state index in [1.54, 1.807) is 0 Å². The molecule has 1 radical (unpaired) electrons. The van der Waals surface area contributed by atoms with Crippen molar-refractivity contribution in [3.8, 4) is 12.3 Å². The maximum atomic E-state index is 5.15. The lowest BCUT2D eigenvalue weighted by atomic mass is 9.98. The fourth-order valence-electron chi connectivity index (χ4n) is 1.06. The van der Waals surface area contributed by atoms with Gasteiger partial charge in [0.15, 0.2) is 0 Å². The van der Waals surface area contributed by atoms with Crippen molar-refractivity contribution < 1.29 is 0 Å². The van der Waals surface area contributed by atoms with Crippen molar-refractivity contribution in [1.82, 2.24) is 0 Å². The second-order valence-electron chi connectivity index (χ2n) is 2.33. The van der Waals surface area contributed by atoms with Crippen LogP contribution in [0.1, 0.15) is 25.7 Å². The van der Waals surface area contributed by atoms with Crippen molar-refractivity contribution in [1.29, 1.82) is 0 Å². The standard InChI is InChI=1S/C9H11/c1-2-6-9-7-4-3-5-8-9/h1,4,7H,3,5-6,8H2. The second-order valence-corrected chi connectivity index (χ2v) is 2.33. The molecule has 47 valence electrons. The van der Waals surface area contributed by atoms with E-state index in [9.17, 15) is 0 Å². The molecule has 1 rings (SSSR count). The minimum absolute atomic E-state index is 0.844. The van der Waals surface area contributed by atoms with E-state index in [0.717, 1.165) is 6.42 Å². The Bertz CT molecular complexity index is 146. The molecule has 9 heavy (non-hydrogen) atoms. The lowest BCUT2D eigenvalue weighted by molar-refractivity contribution is 0.768. The third-order valence-corrected chi connectivity index (χ3v) is 1.55. The Morgan fingerprint density at radius 2 is 2.56 bits per heavy atom. The summed E-state index contributed by atoms with van der Waals surface area (Å²) in [6.45, 7) is 0. The van der Waals surface area contributed by atoms with Crippen LogP contribution in [-0.2, 0) is 0 Å². The summed E-state index contributed by atoms with van der Waals surface area (Å²) < 4.78 is 0. The van der Waals surface area contributed by atoms with Gasteiger partial charge < -0.3 is 0 Å². The maximum absolute atomic E-state index is 5.15. The first-order valence-corrected chi connectivity index (χ1v) is 3.38. The van der Waals surface area contributed by atoms with E-state index in [4.69, 9.17) is 6.42 Å². The normalized spacial score (nSPS) is 18.3. The first-order valence-electron chi connectivity index (χ1n) is 3.38.